The SMILES string of the molecule is CC(C)(C)CCOC(=O)C1CCCCCCN1. The van der Waals surface area contributed by atoms with Crippen molar-refractivity contribution in [2.75, 3.05) is 13.2 Å². The van der Waals surface area contributed by atoms with Crippen molar-refractivity contribution in [3.05, 3.63) is 0 Å². The molecule has 1 atom stereocenters. The fraction of sp³-hybridized carbons (Fsp3) is 0.929. The second-order valence-electron chi connectivity index (χ2n) is 6.19. The van der Waals surface area contributed by atoms with Crippen LogP contribution in [0.25, 0.3) is 0 Å². The van der Waals surface area contributed by atoms with E-state index in [9.17, 15) is 4.79 Å². The molecular formula is C14H27NO2. The average Bonchev–Trinajstić information content (AvgIpc) is 2.14. The van der Waals surface area contributed by atoms with Gasteiger partial charge in [0.1, 0.15) is 6.04 Å². The number of carbonyl (C=O) groups excluding carboxylic acids is 1. The summed E-state index contributed by atoms with van der Waals surface area (Å²) in [5.41, 5.74) is 0.231. The molecule has 0 aromatic heterocycles. The van der Waals surface area contributed by atoms with Crippen molar-refractivity contribution in [3.63, 3.8) is 0 Å². The van der Waals surface area contributed by atoms with E-state index < -0.39 is 0 Å². The second kappa shape index (κ2) is 7.00. The van der Waals surface area contributed by atoms with Crippen LogP contribution in [0, 0.1) is 5.41 Å². The molecule has 1 heterocycles. The fourth-order valence-electron chi connectivity index (χ4n) is 1.96. The van der Waals surface area contributed by atoms with E-state index in [4.69, 9.17) is 4.74 Å². The molecule has 0 amide bonds. The lowest BCUT2D eigenvalue weighted by Gasteiger charge is -2.22. The van der Waals surface area contributed by atoms with Crippen LogP contribution in [0.2, 0.25) is 0 Å². The van der Waals surface area contributed by atoms with Crippen LogP contribution in [-0.2, 0) is 9.53 Å². The van der Waals surface area contributed by atoms with Gasteiger partial charge in [0.25, 0.3) is 0 Å². The summed E-state index contributed by atoms with van der Waals surface area (Å²) in [6, 6.07) is -0.0738. The number of esters is 1. The Morgan fingerprint density at radius 2 is 1.94 bits per heavy atom. The third-order valence-corrected chi connectivity index (χ3v) is 3.19. The van der Waals surface area contributed by atoms with E-state index in [1.54, 1.807) is 0 Å². The van der Waals surface area contributed by atoms with Crippen LogP contribution in [0.5, 0.6) is 0 Å². The van der Waals surface area contributed by atoms with Gasteiger partial charge in [0, 0.05) is 0 Å². The van der Waals surface area contributed by atoms with E-state index in [0.29, 0.717) is 6.61 Å². The molecule has 3 heteroatoms. The Labute approximate surface area is 105 Å². The van der Waals surface area contributed by atoms with Gasteiger partial charge in [-0.15, -0.1) is 0 Å². The minimum absolute atomic E-state index is 0.0591. The normalized spacial score (nSPS) is 22.6. The third kappa shape index (κ3) is 6.67. The van der Waals surface area contributed by atoms with E-state index >= 15 is 0 Å². The second-order valence-corrected chi connectivity index (χ2v) is 6.19. The van der Waals surface area contributed by atoms with Gasteiger partial charge in [-0.1, -0.05) is 40.0 Å². The van der Waals surface area contributed by atoms with Crippen LogP contribution in [0.1, 0.15) is 59.3 Å². The number of carbonyl (C=O) groups is 1. The topological polar surface area (TPSA) is 38.3 Å². The van der Waals surface area contributed by atoms with E-state index in [2.05, 4.69) is 26.1 Å². The Bertz CT molecular complexity index is 225. The molecule has 0 aromatic rings. The lowest BCUT2D eigenvalue weighted by atomic mass is 9.93. The molecule has 0 bridgehead atoms. The van der Waals surface area contributed by atoms with Gasteiger partial charge in [-0.2, -0.15) is 0 Å². The quantitative estimate of drug-likeness (QED) is 0.772. The van der Waals surface area contributed by atoms with Gasteiger partial charge in [0.05, 0.1) is 6.61 Å². The maximum absolute atomic E-state index is 11.9. The number of rotatable bonds is 3. The molecule has 17 heavy (non-hydrogen) atoms. The van der Waals surface area contributed by atoms with Gasteiger partial charge in [0.2, 0.25) is 0 Å². The molecule has 0 spiro atoms. The Balaban J connectivity index is 2.25. The van der Waals surface area contributed by atoms with Crippen molar-refractivity contribution in [2.45, 2.75) is 65.3 Å². The summed E-state index contributed by atoms with van der Waals surface area (Å²) in [4.78, 5) is 11.9. The maximum atomic E-state index is 11.9. The molecular weight excluding hydrogens is 214 g/mol. The van der Waals surface area contributed by atoms with Crippen molar-refractivity contribution >= 4 is 5.97 Å². The number of hydrogen-bond donors (Lipinski definition) is 1. The summed E-state index contributed by atoms with van der Waals surface area (Å²) >= 11 is 0. The first-order chi connectivity index (χ1) is 7.99. The van der Waals surface area contributed by atoms with Gasteiger partial charge in [0.15, 0.2) is 0 Å². The lowest BCUT2D eigenvalue weighted by Crippen LogP contribution is -2.39. The van der Waals surface area contributed by atoms with Crippen molar-refractivity contribution in [3.8, 4) is 0 Å². The molecule has 1 N–H and O–H groups in total. The standard InChI is InChI=1S/C14H27NO2/c1-14(2,3)9-11-17-13(16)12-8-6-4-5-7-10-15-12/h12,15H,4-11H2,1-3H3. The molecule has 1 aliphatic heterocycles. The van der Waals surface area contributed by atoms with Crippen LogP contribution in [0.4, 0.5) is 0 Å². The van der Waals surface area contributed by atoms with Crippen LogP contribution < -0.4 is 5.32 Å². The Kier molecular flexibility index (Phi) is 5.96. The van der Waals surface area contributed by atoms with Crippen LogP contribution >= 0.6 is 0 Å². The Morgan fingerprint density at radius 3 is 2.65 bits per heavy atom. The molecule has 1 saturated heterocycles. The first-order valence-electron chi connectivity index (χ1n) is 6.89. The minimum Gasteiger partial charge on any atom is -0.465 e. The number of ether oxygens (including phenoxy) is 1. The number of nitrogens with one attached hydrogen (secondary N) is 1. The molecule has 1 aliphatic rings. The van der Waals surface area contributed by atoms with Crippen LogP contribution in [0.15, 0.2) is 0 Å². The van der Waals surface area contributed by atoms with Crippen molar-refractivity contribution in [2.24, 2.45) is 5.41 Å². The molecule has 3 nitrogen and oxygen atoms in total. The highest BCUT2D eigenvalue weighted by molar-refractivity contribution is 5.75. The summed E-state index contributed by atoms with van der Waals surface area (Å²) < 4.78 is 5.35. The lowest BCUT2D eigenvalue weighted by molar-refractivity contribution is -0.147. The van der Waals surface area contributed by atoms with Gasteiger partial charge in [-0.05, 0) is 31.2 Å². The molecule has 1 rings (SSSR count). The van der Waals surface area contributed by atoms with E-state index in [-0.39, 0.29) is 17.4 Å². The van der Waals surface area contributed by atoms with E-state index in [1.807, 2.05) is 0 Å². The Hall–Kier alpha value is -0.570. The molecule has 0 aliphatic carbocycles. The molecule has 0 radical (unpaired) electrons. The zero-order chi connectivity index (χ0) is 12.7. The van der Waals surface area contributed by atoms with Crippen LogP contribution in [0.3, 0.4) is 0 Å². The fourth-order valence-corrected chi connectivity index (χ4v) is 1.96. The largest absolute Gasteiger partial charge is 0.465 e. The summed E-state index contributed by atoms with van der Waals surface area (Å²) in [5, 5.41) is 3.29. The first-order valence-corrected chi connectivity index (χ1v) is 6.89. The van der Waals surface area contributed by atoms with Crippen LogP contribution in [-0.4, -0.2) is 25.2 Å². The van der Waals surface area contributed by atoms with E-state index in [0.717, 1.165) is 25.8 Å². The predicted octanol–water partition coefficient (Wildman–Crippen LogP) is 2.89. The predicted molar refractivity (Wildman–Crippen MR) is 69.9 cm³/mol. The summed E-state index contributed by atoms with van der Waals surface area (Å²) in [6.07, 6.45) is 6.67. The third-order valence-electron chi connectivity index (χ3n) is 3.19. The molecule has 0 aromatic carbocycles. The zero-order valence-electron chi connectivity index (χ0n) is 11.6. The number of hydrogen-bond acceptors (Lipinski definition) is 3. The highest BCUT2D eigenvalue weighted by Crippen LogP contribution is 2.18. The van der Waals surface area contributed by atoms with Crippen molar-refractivity contribution in [1.29, 1.82) is 0 Å². The molecule has 1 fully saturated rings. The van der Waals surface area contributed by atoms with Gasteiger partial charge in [-0.25, -0.2) is 0 Å². The van der Waals surface area contributed by atoms with Crippen molar-refractivity contribution in [1.82, 2.24) is 5.32 Å². The van der Waals surface area contributed by atoms with E-state index in [1.165, 1.54) is 19.3 Å². The average molecular weight is 241 g/mol. The monoisotopic (exact) mass is 241 g/mol. The molecule has 1 unspecified atom stereocenters. The maximum Gasteiger partial charge on any atom is 0.323 e. The molecule has 0 saturated carbocycles. The highest BCUT2D eigenvalue weighted by Gasteiger charge is 2.20. The summed E-state index contributed by atoms with van der Waals surface area (Å²) in [5.74, 6) is -0.0591. The molecule has 100 valence electrons. The van der Waals surface area contributed by atoms with Crippen molar-refractivity contribution < 1.29 is 9.53 Å². The van der Waals surface area contributed by atoms with Gasteiger partial charge in [-0.3, -0.25) is 4.79 Å². The smallest absolute Gasteiger partial charge is 0.323 e. The highest BCUT2D eigenvalue weighted by atomic mass is 16.5. The zero-order valence-corrected chi connectivity index (χ0v) is 11.6. The van der Waals surface area contributed by atoms with Gasteiger partial charge >= 0.3 is 5.97 Å². The first kappa shape index (κ1) is 14.5. The Morgan fingerprint density at radius 1 is 1.24 bits per heavy atom. The van der Waals surface area contributed by atoms with Gasteiger partial charge < -0.3 is 10.1 Å². The minimum atomic E-state index is -0.0738. The summed E-state index contributed by atoms with van der Waals surface area (Å²) in [7, 11) is 0. The summed E-state index contributed by atoms with van der Waals surface area (Å²) in [6.45, 7) is 7.97.